The first-order chi connectivity index (χ1) is 12.3. The van der Waals surface area contributed by atoms with Gasteiger partial charge in [-0.1, -0.05) is 30.3 Å². The minimum atomic E-state index is -0.0935. The molecule has 2 aromatic heterocycles. The predicted molar refractivity (Wildman–Crippen MR) is 93.4 cm³/mol. The van der Waals surface area contributed by atoms with Crippen molar-refractivity contribution in [2.75, 3.05) is 30.9 Å². The number of nitrogens with zero attached hydrogens (tertiary/aromatic N) is 4. The molecule has 8 heteroatoms. The van der Waals surface area contributed by atoms with Gasteiger partial charge >= 0.3 is 0 Å². The molecule has 25 heavy (non-hydrogen) atoms. The van der Waals surface area contributed by atoms with Gasteiger partial charge in [0, 0.05) is 20.3 Å². The summed E-state index contributed by atoms with van der Waals surface area (Å²) < 4.78 is 9.84. The highest BCUT2D eigenvalue weighted by Crippen LogP contribution is 2.48. The Labute approximate surface area is 145 Å². The maximum Gasteiger partial charge on any atom is 0.245 e. The van der Waals surface area contributed by atoms with Crippen molar-refractivity contribution in [1.82, 2.24) is 20.3 Å². The lowest BCUT2D eigenvalue weighted by Crippen LogP contribution is -2.21. The third kappa shape index (κ3) is 3.25. The third-order valence-corrected chi connectivity index (χ3v) is 4.37. The van der Waals surface area contributed by atoms with E-state index in [1.807, 2.05) is 6.07 Å². The van der Waals surface area contributed by atoms with Crippen LogP contribution in [0.4, 0.5) is 11.6 Å². The summed E-state index contributed by atoms with van der Waals surface area (Å²) in [7, 11) is 1.69. The molecule has 130 valence electrons. The summed E-state index contributed by atoms with van der Waals surface area (Å²) in [5.41, 5.74) is 1.95. The van der Waals surface area contributed by atoms with Crippen LogP contribution in [0.1, 0.15) is 24.8 Å². The van der Waals surface area contributed by atoms with Gasteiger partial charge in [-0.05, 0) is 35.1 Å². The zero-order valence-corrected chi connectivity index (χ0v) is 14.0. The van der Waals surface area contributed by atoms with Gasteiger partial charge in [-0.15, -0.1) is 0 Å². The Hall–Kier alpha value is -2.74. The standard InChI is InChI=1S/C17H20N6O2/c1-24-11-5-10-18-13-14(20-16-15(19-13)22-25-23-16)21-17(8-9-17)12-6-3-2-4-7-12/h2-4,6-7H,5,8-11H2,1H3,(H,18,19,22)(H,20,21,23). The number of fused-ring (bicyclic) bond motifs is 1. The van der Waals surface area contributed by atoms with Crippen molar-refractivity contribution in [2.24, 2.45) is 0 Å². The molecule has 0 atom stereocenters. The second-order valence-electron chi connectivity index (χ2n) is 6.18. The van der Waals surface area contributed by atoms with Crippen molar-refractivity contribution >= 4 is 22.9 Å². The number of anilines is 2. The second kappa shape index (κ2) is 6.64. The molecule has 4 rings (SSSR count). The summed E-state index contributed by atoms with van der Waals surface area (Å²) >= 11 is 0. The van der Waals surface area contributed by atoms with Crippen molar-refractivity contribution in [3.05, 3.63) is 35.9 Å². The first-order valence-electron chi connectivity index (χ1n) is 8.38. The number of rotatable bonds is 8. The van der Waals surface area contributed by atoms with Crippen LogP contribution >= 0.6 is 0 Å². The molecule has 0 amide bonds. The molecule has 3 aromatic rings. The van der Waals surface area contributed by atoms with Gasteiger partial charge in [0.15, 0.2) is 11.6 Å². The second-order valence-corrected chi connectivity index (χ2v) is 6.18. The summed E-state index contributed by atoms with van der Waals surface area (Å²) in [5.74, 6) is 1.32. The predicted octanol–water partition coefficient (Wildman–Crippen LogP) is 2.56. The van der Waals surface area contributed by atoms with Crippen LogP contribution in [0.15, 0.2) is 35.0 Å². The average molecular weight is 340 g/mol. The molecule has 2 heterocycles. The van der Waals surface area contributed by atoms with Gasteiger partial charge in [0.1, 0.15) is 0 Å². The maximum atomic E-state index is 5.09. The van der Waals surface area contributed by atoms with Crippen LogP contribution in [0, 0.1) is 0 Å². The Morgan fingerprint density at radius 1 is 1.08 bits per heavy atom. The van der Waals surface area contributed by atoms with Gasteiger partial charge in [-0.2, -0.15) is 0 Å². The lowest BCUT2D eigenvalue weighted by Gasteiger charge is -2.20. The minimum Gasteiger partial charge on any atom is -0.385 e. The first kappa shape index (κ1) is 15.8. The van der Waals surface area contributed by atoms with Crippen LogP contribution in [0.3, 0.4) is 0 Å². The van der Waals surface area contributed by atoms with E-state index >= 15 is 0 Å². The normalized spacial score (nSPS) is 15.2. The zero-order chi connectivity index (χ0) is 17.1. The Kier molecular flexibility index (Phi) is 4.19. The van der Waals surface area contributed by atoms with E-state index in [4.69, 9.17) is 9.37 Å². The molecule has 8 nitrogen and oxygen atoms in total. The Bertz CT molecular complexity index is 847. The van der Waals surface area contributed by atoms with Crippen molar-refractivity contribution < 1.29 is 9.37 Å². The van der Waals surface area contributed by atoms with E-state index in [1.54, 1.807) is 7.11 Å². The van der Waals surface area contributed by atoms with E-state index in [0.717, 1.165) is 25.8 Å². The van der Waals surface area contributed by atoms with Gasteiger partial charge < -0.3 is 15.4 Å². The van der Waals surface area contributed by atoms with Crippen LogP contribution < -0.4 is 10.6 Å². The molecular weight excluding hydrogens is 320 g/mol. The molecule has 1 aliphatic carbocycles. The molecule has 1 fully saturated rings. The topological polar surface area (TPSA) is 98.0 Å². The maximum absolute atomic E-state index is 5.09. The molecule has 2 N–H and O–H groups in total. The highest BCUT2D eigenvalue weighted by Gasteiger charge is 2.45. The van der Waals surface area contributed by atoms with Gasteiger partial charge in [-0.25, -0.2) is 14.6 Å². The molecule has 1 aliphatic rings. The molecule has 0 radical (unpaired) electrons. The Morgan fingerprint density at radius 3 is 2.48 bits per heavy atom. The lowest BCUT2D eigenvalue weighted by molar-refractivity contribution is 0.198. The lowest BCUT2D eigenvalue weighted by atomic mass is 10.1. The number of hydrogen-bond donors (Lipinski definition) is 2. The fourth-order valence-electron chi connectivity index (χ4n) is 2.87. The number of benzene rings is 1. The van der Waals surface area contributed by atoms with Crippen molar-refractivity contribution in [2.45, 2.75) is 24.8 Å². The fraction of sp³-hybridized carbons (Fsp3) is 0.412. The molecule has 1 saturated carbocycles. The number of methoxy groups -OCH3 is 1. The molecule has 0 unspecified atom stereocenters. The fourth-order valence-corrected chi connectivity index (χ4v) is 2.87. The average Bonchev–Trinajstić information content (AvgIpc) is 3.29. The third-order valence-electron chi connectivity index (χ3n) is 4.37. The van der Waals surface area contributed by atoms with E-state index in [1.165, 1.54) is 5.56 Å². The quantitative estimate of drug-likeness (QED) is 0.604. The van der Waals surface area contributed by atoms with Crippen molar-refractivity contribution in [1.29, 1.82) is 0 Å². The van der Waals surface area contributed by atoms with E-state index in [0.29, 0.717) is 29.5 Å². The van der Waals surface area contributed by atoms with Crippen molar-refractivity contribution in [3.63, 3.8) is 0 Å². The SMILES string of the molecule is COCCCNc1nc2nonc2nc1NC1(c2ccccc2)CC1. The minimum absolute atomic E-state index is 0.0935. The van der Waals surface area contributed by atoms with Crippen molar-refractivity contribution in [3.8, 4) is 0 Å². The van der Waals surface area contributed by atoms with E-state index < -0.39 is 0 Å². The van der Waals surface area contributed by atoms with Crippen LogP contribution in [-0.2, 0) is 10.3 Å². The molecule has 0 bridgehead atoms. The largest absolute Gasteiger partial charge is 0.385 e. The van der Waals surface area contributed by atoms with Crippen LogP contribution in [-0.4, -0.2) is 40.5 Å². The Balaban J connectivity index is 1.61. The molecule has 0 aliphatic heterocycles. The summed E-state index contributed by atoms with van der Waals surface area (Å²) in [6, 6.07) is 10.4. The molecular formula is C17H20N6O2. The van der Waals surface area contributed by atoms with Gasteiger partial charge in [-0.3, -0.25) is 0 Å². The smallest absolute Gasteiger partial charge is 0.245 e. The van der Waals surface area contributed by atoms with Crippen LogP contribution in [0.5, 0.6) is 0 Å². The summed E-state index contributed by atoms with van der Waals surface area (Å²) in [6.45, 7) is 1.41. The van der Waals surface area contributed by atoms with Crippen LogP contribution in [0.25, 0.3) is 11.3 Å². The van der Waals surface area contributed by atoms with Gasteiger partial charge in [0.2, 0.25) is 11.3 Å². The van der Waals surface area contributed by atoms with E-state index in [9.17, 15) is 0 Å². The van der Waals surface area contributed by atoms with E-state index in [2.05, 4.69) is 55.2 Å². The number of aromatic nitrogens is 4. The van der Waals surface area contributed by atoms with Gasteiger partial charge in [0.05, 0.1) is 5.54 Å². The van der Waals surface area contributed by atoms with Gasteiger partial charge in [0.25, 0.3) is 0 Å². The zero-order valence-electron chi connectivity index (χ0n) is 14.0. The van der Waals surface area contributed by atoms with Crippen LogP contribution in [0.2, 0.25) is 0 Å². The first-order valence-corrected chi connectivity index (χ1v) is 8.38. The number of ether oxygens (including phenoxy) is 1. The summed E-state index contributed by atoms with van der Waals surface area (Å²) in [4.78, 5) is 9.04. The van der Waals surface area contributed by atoms with E-state index in [-0.39, 0.29) is 5.54 Å². The molecule has 1 aromatic carbocycles. The Morgan fingerprint density at radius 2 is 1.80 bits per heavy atom. The molecule has 0 spiro atoms. The monoisotopic (exact) mass is 340 g/mol. The molecule has 0 saturated heterocycles. The highest BCUT2D eigenvalue weighted by molar-refractivity contribution is 5.74. The highest BCUT2D eigenvalue weighted by atomic mass is 16.6. The number of hydrogen-bond acceptors (Lipinski definition) is 8. The summed E-state index contributed by atoms with van der Waals surface area (Å²) in [6.07, 6.45) is 2.98. The summed E-state index contributed by atoms with van der Waals surface area (Å²) in [5, 5.41) is 14.5. The number of nitrogens with one attached hydrogen (secondary N) is 2.